The summed E-state index contributed by atoms with van der Waals surface area (Å²) < 4.78 is 0. The molecular formula is C111H164. The smallest absolute Gasteiger partial charge is 0.0266 e. The quantitative estimate of drug-likeness (QED) is 0.212. The lowest BCUT2D eigenvalue weighted by atomic mass is 9.01. The first-order valence-corrected chi connectivity index (χ1v) is 54.9. The molecule has 1 spiro atoms. The molecule has 47 aliphatic carbocycles. The summed E-state index contributed by atoms with van der Waals surface area (Å²) in [5.41, 5.74) is 0.906. The van der Waals surface area contributed by atoms with E-state index in [1.807, 2.05) is 0 Å². The van der Waals surface area contributed by atoms with Crippen LogP contribution in [0, 0.1) is 337 Å². The highest BCUT2D eigenvalue weighted by atomic mass is 15.0. The molecule has 0 N–H and O–H groups in total. The molecule has 0 nitrogen and oxygen atoms in total. The van der Waals surface area contributed by atoms with Gasteiger partial charge in [-0.15, -0.1) is 0 Å². The van der Waals surface area contributed by atoms with Gasteiger partial charge in [0.05, 0.1) is 0 Å². The van der Waals surface area contributed by atoms with Gasteiger partial charge in [0, 0.05) is 0 Å². The third-order valence-corrected chi connectivity index (χ3v) is 52.4. The molecule has 111 heavy (non-hydrogen) atoms. The summed E-state index contributed by atoms with van der Waals surface area (Å²) in [5, 5.41) is 0. The van der Waals surface area contributed by atoms with E-state index in [-0.39, 0.29) is 0 Å². The topological polar surface area (TPSA) is 0 Å². The number of fused-ring (bicyclic) bond motifs is 25. The fourth-order valence-electron chi connectivity index (χ4n) is 49.2. The minimum absolute atomic E-state index is 0.906. The minimum Gasteiger partial charge on any atom is -0.0530 e. The van der Waals surface area contributed by atoms with Crippen LogP contribution in [0.4, 0.5) is 0 Å². The van der Waals surface area contributed by atoms with Crippen molar-refractivity contribution >= 4 is 0 Å². The van der Waals surface area contributed by atoms with Crippen molar-refractivity contribution in [1.82, 2.24) is 0 Å². The van der Waals surface area contributed by atoms with Crippen molar-refractivity contribution in [2.75, 3.05) is 0 Å². The van der Waals surface area contributed by atoms with Gasteiger partial charge in [-0.05, 0) is 632 Å². The van der Waals surface area contributed by atoms with Crippen molar-refractivity contribution in [3.8, 4) is 0 Å². The molecule has 47 rings (SSSR count). The summed E-state index contributed by atoms with van der Waals surface area (Å²) in [7, 11) is 0. The number of rotatable bonds is 0. The van der Waals surface area contributed by atoms with Gasteiger partial charge in [0.15, 0.2) is 0 Å². The second-order valence-corrected chi connectivity index (χ2v) is 54.6. The second-order valence-electron chi connectivity index (χ2n) is 54.6. The molecule has 27 unspecified atom stereocenters. The maximum Gasteiger partial charge on any atom is -0.0266 e. The summed E-state index contributed by atoms with van der Waals surface area (Å²) in [6.07, 6.45) is 86.5. The largest absolute Gasteiger partial charge is 0.0530 e. The van der Waals surface area contributed by atoms with E-state index in [1.165, 1.54) is 325 Å². The zero-order valence-electron chi connectivity index (χ0n) is 71.0. The number of hydrogen-bond donors (Lipinski definition) is 0. The Bertz CT molecular complexity index is 3130. The number of hydrogen-bond acceptors (Lipinski definition) is 0. The van der Waals surface area contributed by atoms with Crippen molar-refractivity contribution in [2.45, 2.75) is 347 Å². The molecule has 0 aromatic carbocycles. The Balaban J connectivity index is 0.0000000623. The van der Waals surface area contributed by atoms with Crippen LogP contribution in [0.2, 0.25) is 0 Å². The fraction of sp³-hybridized carbons (Fsp3) is 1.00. The molecule has 0 saturated heterocycles. The molecule has 0 radical (unpaired) electrons. The molecule has 27 atom stereocenters. The van der Waals surface area contributed by atoms with Gasteiger partial charge in [0.1, 0.15) is 0 Å². The van der Waals surface area contributed by atoms with Crippen molar-refractivity contribution in [3.05, 3.63) is 0 Å². The Morgan fingerprint density at radius 2 is 0.405 bits per heavy atom. The standard InChI is InChI=1S/C12H18.C11H14.2C11H18.2C10H16.2C9H14.C8H8.2C7H10.C6H8/c1-2-8-5-7(1)11-9-3-4-10(6-9)12(8)11;1-4-5-2-9-8(1)10-6(4)3-7(5)11(9)10;1-3-9-7-10-4-2-6-11(10,5-1)8-9;1-2-4-10-9-5-6-11(10)8(3-1)7-9;1-7-2-9-4-8(1)5-10(3-7)6-9;1-2-9-7-4-5-8(6-7)10(9)3-1;1-6-2-8-4-7(1)5-9(8)3-6;1-2-7-5-6(1)8-3-4-9(7)8;1-2-5-3(1)7-4(1)6(2)8(5)7;1-4-2-6-5(1)7(6)3-4;1-2-4-6-5(3-1)7(4)6;1-2-4-5-3(1)6(4)5/h7-12H,1-6H2;4-11H,1-3H2;9-10H,1-8H2;8-11H,1-7H2;2*7-10H,1-6H2;2*6-9H,1-5H2;1-8H;2*4-7H,1-3H2;3-6H,1-2H2. The molecule has 608 valence electrons. The van der Waals surface area contributed by atoms with Gasteiger partial charge >= 0.3 is 0 Å². The van der Waals surface area contributed by atoms with Crippen molar-refractivity contribution in [2.24, 2.45) is 337 Å². The summed E-state index contributed by atoms with van der Waals surface area (Å²) in [6.45, 7) is 0. The Labute approximate surface area is 679 Å². The Morgan fingerprint density at radius 1 is 0.126 bits per heavy atom. The van der Waals surface area contributed by atoms with Gasteiger partial charge in [-0.2, -0.15) is 0 Å². The maximum absolute atomic E-state index is 1.68. The first-order chi connectivity index (χ1) is 54.9. The highest BCUT2D eigenvalue weighted by Gasteiger charge is 2.98. The van der Waals surface area contributed by atoms with Crippen LogP contribution in [-0.2, 0) is 0 Å². The average Bonchev–Trinajstić information content (AvgIpc) is 1.07. The van der Waals surface area contributed by atoms with E-state index in [9.17, 15) is 0 Å². The van der Waals surface area contributed by atoms with Crippen LogP contribution in [0.1, 0.15) is 347 Å². The molecule has 0 aliphatic heterocycles. The van der Waals surface area contributed by atoms with Crippen LogP contribution >= 0.6 is 0 Å². The van der Waals surface area contributed by atoms with E-state index < -0.39 is 0 Å². The highest BCUT2D eigenvalue weighted by molar-refractivity contribution is 5.44. The molecule has 47 saturated carbocycles. The zero-order valence-corrected chi connectivity index (χ0v) is 71.0. The normalized spacial score (nSPS) is 67.9. The summed E-state index contributed by atoms with van der Waals surface area (Å²) in [6, 6.07) is 0. The maximum atomic E-state index is 1.68. The van der Waals surface area contributed by atoms with Crippen LogP contribution in [0.5, 0.6) is 0 Å². The molecule has 0 aromatic heterocycles. The van der Waals surface area contributed by atoms with Crippen LogP contribution in [0.15, 0.2) is 0 Å². The first kappa shape index (κ1) is 68.5. The Kier molecular flexibility index (Phi) is 15.5. The Hall–Kier alpha value is 0. The van der Waals surface area contributed by atoms with Gasteiger partial charge < -0.3 is 0 Å². The van der Waals surface area contributed by atoms with Crippen LogP contribution in [-0.4, -0.2) is 0 Å². The van der Waals surface area contributed by atoms with E-state index in [1.54, 1.807) is 347 Å². The lowest BCUT2D eigenvalue weighted by Crippen LogP contribution is -3.00. The van der Waals surface area contributed by atoms with Gasteiger partial charge in [-0.1, -0.05) is 51.4 Å². The highest BCUT2D eigenvalue weighted by Crippen LogP contribution is 3.01. The van der Waals surface area contributed by atoms with E-state index >= 15 is 0 Å². The fourth-order valence-corrected chi connectivity index (χ4v) is 49.2. The van der Waals surface area contributed by atoms with E-state index in [0.717, 1.165) is 11.3 Å². The Morgan fingerprint density at radius 3 is 0.784 bits per heavy atom. The van der Waals surface area contributed by atoms with Crippen molar-refractivity contribution in [1.29, 1.82) is 0 Å². The summed E-state index contributed by atoms with van der Waals surface area (Å²) >= 11 is 0. The first-order valence-electron chi connectivity index (χ1n) is 54.9. The van der Waals surface area contributed by atoms with Crippen LogP contribution in [0.25, 0.3) is 0 Å². The van der Waals surface area contributed by atoms with Gasteiger partial charge in [0.2, 0.25) is 0 Å². The molecule has 0 amide bonds. The molecule has 47 fully saturated rings. The van der Waals surface area contributed by atoms with Crippen LogP contribution < -0.4 is 0 Å². The van der Waals surface area contributed by atoms with E-state index in [4.69, 9.17) is 0 Å². The molecular weight excluding hydrogens is 1330 g/mol. The lowest BCUT2D eigenvalue weighted by Gasteiger charge is -3.03. The SMILES string of the molecule is C12C3C4C1C1C2C3C41.C1C2C3CC4C5CC3C1C5C24.C1C2CC3C1C3C2.C1C2CC3CC1CC(C2)C3.C1C2CC3CC1CC3C2.C1CC2C3C(C1)C23.C1CC2C3C1C23.C1CC2C3CCC(C3)C2C1.C1CC2CC1C1C3CCC(C3)C21.C1CC2CC1C1CCC21.C1CC2CC3CCCC3(C1)C2.C1CCC2C3CCC2C(C1)C3. The third kappa shape index (κ3) is 10.1. The lowest BCUT2D eigenvalue weighted by molar-refractivity contribution is -0.565. The minimum atomic E-state index is 0.906. The molecule has 0 heterocycles. The van der Waals surface area contributed by atoms with Gasteiger partial charge in [-0.3, -0.25) is 0 Å². The van der Waals surface area contributed by atoms with Crippen molar-refractivity contribution < 1.29 is 0 Å². The molecule has 32 bridgehead atoms. The van der Waals surface area contributed by atoms with Gasteiger partial charge in [0.25, 0.3) is 0 Å². The molecule has 47 aliphatic rings. The zero-order chi connectivity index (χ0) is 71.0. The second kappa shape index (κ2) is 25.1. The van der Waals surface area contributed by atoms with Gasteiger partial charge in [-0.25, -0.2) is 0 Å². The van der Waals surface area contributed by atoms with E-state index in [0.29, 0.717) is 0 Å². The van der Waals surface area contributed by atoms with Crippen molar-refractivity contribution in [3.63, 3.8) is 0 Å². The predicted octanol–water partition coefficient (Wildman–Crippen LogP) is 28.0. The monoisotopic (exact) mass is 1500 g/mol. The predicted molar refractivity (Wildman–Crippen MR) is 447 cm³/mol. The average molecular weight is 1500 g/mol. The third-order valence-electron chi connectivity index (χ3n) is 52.4. The summed E-state index contributed by atoms with van der Waals surface area (Å²) in [4.78, 5) is 0. The molecule has 0 heteroatoms. The summed E-state index contributed by atoms with van der Waals surface area (Å²) in [5.74, 6) is 69.5. The molecule has 0 aromatic rings. The van der Waals surface area contributed by atoms with E-state index in [2.05, 4.69) is 0 Å². The van der Waals surface area contributed by atoms with Crippen LogP contribution in [0.3, 0.4) is 0 Å².